The van der Waals surface area contributed by atoms with Crippen LogP contribution < -0.4 is 10.6 Å². The number of aromatic nitrogens is 2. The number of hydrogen-bond acceptors (Lipinski definition) is 4. The van der Waals surface area contributed by atoms with Crippen LogP contribution in [0.15, 0.2) is 4.99 Å². The highest BCUT2D eigenvalue weighted by Gasteiger charge is 2.28. The van der Waals surface area contributed by atoms with Crippen molar-refractivity contribution in [1.82, 2.24) is 20.4 Å². The van der Waals surface area contributed by atoms with Gasteiger partial charge in [-0.2, -0.15) is 5.10 Å². The molecule has 1 heterocycles. The molecule has 7 nitrogen and oxygen atoms in total. The molecule has 23 heavy (non-hydrogen) atoms. The Morgan fingerprint density at radius 2 is 1.87 bits per heavy atom. The summed E-state index contributed by atoms with van der Waals surface area (Å²) in [5.74, 6) is 0.652. The lowest BCUT2D eigenvalue weighted by atomic mass is 10.2. The lowest BCUT2D eigenvalue weighted by Crippen LogP contribution is -2.41. The number of rotatable bonds is 5. The van der Waals surface area contributed by atoms with E-state index in [-0.39, 0.29) is 5.75 Å². The van der Waals surface area contributed by atoms with Crippen LogP contribution in [0.3, 0.4) is 0 Å². The van der Waals surface area contributed by atoms with E-state index in [1.165, 1.54) is 0 Å². The van der Waals surface area contributed by atoms with E-state index < -0.39 is 14.6 Å². The first-order valence-corrected chi connectivity index (χ1v) is 9.30. The molecule has 0 spiro atoms. The minimum absolute atomic E-state index is 0.0716. The molecule has 0 aromatic carbocycles. The van der Waals surface area contributed by atoms with Crippen molar-refractivity contribution in [3.63, 3.8) is 0 Å². The number of hydrogen-bond donors (Lipinski definition) is 2. The highest BCUT2D eigenvalue weighted by atomic mass is 32.2. The molecule has 0 saturated carbocycles. The number of aliphatic imine (C=N–C) groups is 1. The topological polar surface area (TPSA) is 88.4 Å². The van der Waals surface area contributed by atoms with Crippen molar-refractivity contribution in [2.75, 3.05) is 19.3 Å². The summed E-state index contributed by atoms with van der Waals surface area (Å²) in [4.78, 5) is 4.12. The minimum atomic E-state index is -3.14. The SMILES string of the molecule is CN=C(NCCS(=O)(=O)C(C)(C)C)NCc1c(C)nn(C)c1C. The van der Waals surface area contributed by atoms with Crippen LogP contribution in [0.2, 0.25) is 0 Å². The summed E-state index contributed by atoms with van der Waals surface area (Å²) in [7, 11) is 0.439. The van der Waals surface area contributed by atoms with Crippen LogP contribution in [-0.2, 0) is 23.4 Å². The van der Waals surface area contributed by atoms with Crippen LogP contribution in [-0.4, -0.2) is 48.3 Å². The summed E-state index contributed by atoms with van der Waals surface area (Å²) in [6, 6.07) is 0. The van der Waals surface area contributed by atoms with Gasteiger partial charge < -0.3 is 10.6 Å². The van der Waals surface area contributed by atoms with E-state index >= 15 is 0 Å². The van der Waals surface area contributed by atoms with Crippen molar-refractivity contribution in [2.45, 2.75) is 45.9 Å². The van der Waals surface area contributed by atoms with Gasteiger partial charge in [-0.1, -0.05) is 0 Å². The Morgan fingerprint density at radius 1 is 1.26 bits per heavy atom. The molecule has 8 heteroatoms. The second-order valence-corrected chi connectivity index (χ2v) is 9.42. The van der Waals surface area contributed by atoms with Crippen molar-refractivity contribution >= 4 is 15.8 Å². The third-order valence-electron chi connectivity index (χ3n) is 3.91. The first-order chi connectivity index (χ1) is 10.5. The quantitative estimate of drug-likeness (QED) is 0.613. The molecule has 0 aliphatic heterocycles. The summed E-state index contributed by atoms with van der Waals surface area (Å²) in [6.07, 6.45) is 0. The molecule has 2 N–H and O–H groups in total. The van der Waals surface area contributed by atoms with Crippen LogP contribution >= 0.6 is 0 Å². The Bertz CT molecular complexity index is 669. The van der Waals surface area contributed by atoms with E-state index in [0.29, 0.717) is 19.0 Å². The first-order valence-electron chi connectivity index (χ1n) is 7.65. The molecule has 0 amide bonds. The van der Waals surface area contributed by atoms with E-state index in [2.05, 4.69) is 20.7 Å². The molecule has 0 aliphatic carbocycles. The molecule has 0 bridgehead atoms. The number of guanidine groups is 1. The number of nitrogens with zero attached hydrogens (tertiary/aromatic N) is 3. The monoisotopic (exact) mass is 343 g/mol. The maximum atomic E-state index is 12.1. The van der Waals surface area contributed by atoms with Crippen LogP contribution in [0.25, 0.3) is 0 Å². The Hall–Kier alpha value is -1.57. The van der Waals surface area contributed by atoms with E-state index in [0.717, 1.165) is 17.0 Å². The Labute approximate surface area is 139 Å². The average Bonchev–Trinajstić information content (AvgIpc) is 2.66. The van der Waals surface area contributed by atoms with Gasteiger partial charge in [0.25, 0.3) is 0 Å². The van der Waals surface area contributed by atoms with Gasteiger partial charge in [-0.05, 0) is 34.6 Å². The minimum Gasteiger partial charge on any atom is -0.355 e. The van der Waals surface area contributed by atoms with Gasteiger partial charge in [0.2, 0.25) is 0 Å². The maximum Gasteiger partial charge on any atom is 0.191 e. The summed E-state index contributed by atoms with van der Waals surface area (Å²) in [5, 5.41) is 10.6. The van der Waals surface area contributed by atoms with E-state index in [4.69, 9.17) is 0 Å². The van der Waals surface area contributed by atoms with Crippen LogP contribution in [0, 0.1) is 13.8 Å². The molecule has 0 saturated heterocycles. The number of nitrogens with one attached hydrogen (secondary N) is 2. The van der Waals surface area contributed by atoms with Gasteiger partial charge in [-0.3, -0.25) is 9.67 Å². The van der Waals surface area contributed by atoms with Gasteiger partial charge in [-0.15, -0.1) is 0 Å². The molecule has 0 aliphatic rings. The summed E-state index contributed by atoms with van der Waals surface area (Å²) in [5.41, 5.74) is 3.20. The lowest BCUT2D eigenvalue weighted by Gasteiger charge is -2.19. The number of aryl methyl sites for hydroxylation is 2. The zero-order valence-corrected chi connectivity index (χ0v) is 16.0. The second-order valence-electron chi connectivity index (χ2n) is 6.56. The third-order valence-corrected chi connectivity index (χ3v) is 6.52. The maximum absolute atomic E-state index is 12.1. The van der Waals surface area contributed by atoms with Crippen molar-refractivity contribution in [2.24, 2.45) is 12.0 Å². The van der Waals surface area contributed by atoms with Crippen molar-refractivity contribution in [3.05, 3.63) is 17.0 Å². The third kappa shape index (κ3) is 4.95. The fraction of sp³-hybridized carbons (Fsp3) is 0.733. The second kappa shape index (κ2) is 7.33. The molecule has 1 aromatic heterocycles. The van der Waals surface area contributed by atoms with Gasteiger partial charge in [0, 0.05) is 38.4 Å². The largest absolute Gasteiger partial charge is 0.355 e. The fourth-order valence-corrected chi connectivity index (χ4v) is 3.06. The molecule has 132 valence electrons. The Morgan fingerprint density at radius 3 is 2.30 bits per heavy atom. The molecular formula is C15H29N5O2S. The first kappa shape index (κ1) is 19.5. The normalized spacial score (nSPS) is 13.3. The molecule has 1 aromatic rings. The van der Waals surface area contributed by atoms with E-state index in [9.17, 15) is 8.42 Å². The Balaban J connectivity index is 2.57. The molecule has 0 fully saturated rings. The zero-order valence-electron chi connectivity index (χ0n) is 15.2. The highest BCUT2D eigenvalue weighted by Crippen LogP contribution is 2.15. The van der Waals surface area contributed by atoms with Gasteiger partial charge in [-0.25, -0.2) is 8.42 Å². The predicted molar refractivity (Wildman–Crippen MR) is 94.4 cm³/mol. The summed E-state index contributed by atoms with van der Waals surface area (Å²) >= 11 is 0. The lowest BCUT2D eigenvalue weighted by molar-refractivity contribution is 0.559. The Kier molecular flexibility index (Phi) is 6.21. The van der Waals surface area contributed by atoms with Crippen LogP contribution in [0.5, 0.6) is 0 Å². The van der Waals surface area contributed by atoms with Gasteiger partial charge in [0.15, 0.2) is 15.8 Å². The number of sulfone groups is 1. The van der Waals surface area contributed by atoms with Crippen molar-refractivity contribution in [1.29, 1.82) is 0 Å². The smallest absolute Gasteiger partial charge is 0.191 e. The van der Waals surface area contributed by atoms with E-state index in [1.54, 1.807) is 27.8 Å². The van der Waals surface area contributed by atoms with Crippen LogP contribution in [0.4, 0.5) is 0 Å². The molecule has 0 unspecified atom stereocenters. The summed E-state index contributed by atoms with van der Waals surface area (Å²) < 4.78 is 25.3. The molecular weight excluding hydrogens is 314 g/mol. The predicted octanol–water partition coefficient (Wildman–Crippen LogP) is 0.915. The van der Waals surface area contributed by atoms with E-state index in [1.807, 2.05) is 25.6 Å². The standard InChI is InChI=1S/C15H29N5O2S/c1-11-13(12(2)20(7)19-11)10-18-14(16-6)17-8-9-23(21,22)15(3,4)5/h8-10H2,1-7H3,(H2,16,17,18). The average molecular weight is 343 g/mol. The van der Waals surface area contributed by atoms with Crippen molar-refractivity contribution in [3.8, 4) is 0 Å². The van der Waals surface area contributed by atoms with Gasteiger partial charge in [0.1, 0.15) is 0 Å². The van der Waals surface area contributed by atoms with Crippen molar-refractivity contribution < 1.29 is 8.42 Å². The highest BCUT2D eigenvalue weighted by molar-refractivity contribution is 7.92. The molecule has 0 radical (unpaired) electrons. The van der Waals surface area contributed by atoms with Crippen LogP contribution in [0.1, 0.15) is 37.7 Å². The fourth-order valence-electron chi connectivity index (χ4n) is 2.08. The zero-order chi connectivity index (χ0) is 17.8. The van der Waals surface area contributed by atoms with Gasteiger partial charge in [0.05, 0.1) is 16.2 Å². The summed E-state index contributed by atoms with van der Waals surface area (Å²) in [6.45, 7) is 10.0. The molecule has 0 atom stereocenters. The van der Waals surface area contributed by atoms with Gasteiger partial charge >= 0.3 is 0 Å². The molecule has 1 rings (SSSR count).